The first kappa shape index (κ1) is 28.7. The number of allylic oxidation sites excluding steroid dienone is 1. The van der Waals surface area contributed by atoms with Gasteiger partial charge in [0.05, 0.1) is 34.7 Å². The lowest BCUT2D eigenvalue weighted by Gasteiger charge is -2.46. The van der Waals surface area contributed by atoms with Gasteiger partial charge in [-0.05, 0) is 76.9 Å². The van der Waals surface area contributed by atoms with Crippen molar-refractivity contribution in [1.82, 2.24) is 4.98 Å². The molecule has 0 radical (unpaired) electrons. The fourth-order valence-corrected chi connectivity index (χ4v) is 6.16. The zero-order chi connectivity index (χ0) is 26.5. The molecule has 5 atom stereocenters. The van der Waals surface area contributed by atoms with Crippen LogP contribution in [0.25, 0.3) is 6.08 Å². The van der Waals surface area contributed by atoms with E-state index in [0.29, 0.717) is 25.7 Å². The van der Waals surface area contributed by atoms with Crippen molar-refractivity contribution in [2.75, 3.05) is 0 Å². The predicted octanol–water partition coefficient (Wildman–Crippen LogP) is 5.80. The van der Waals surface area contributed by atoms with Gasteiger partial charge in [-0.1, -0.05) is 31.9 Å². The maximum atomic E-state index is 13.7. The third-order valence-corrected chi connectivity index (χ3v) is 9.00. The molecule has 0 amide bonds. The van der Waals surface area contributed by atoms with E-state index in [-0.39, 0.29) is 18.1 Å². The van der Waals surface area contributed by atoms with Crippen LogP contribution in [0.2, 0.25) is 0 Å². The minimum atomic E-state index is -1.11. The number of aliphatic hydroxyl groups is 2. The van der Waals surface area contributed by atoms with E-state index < -0.39 is 35.6 Å². The van der Waals surface area contributed by atoms with Gasteiger partial charge in [-0.3, -0.25) is 9.59 Å². The molecule has 0 unspecified atom stereocenters. The van der Waals surface area contributed by atoms with E-state index in [9.17, 15) is 19.8 Å². The van der Waals surface area contributed by atoms with E-state index >= 15 is 0 Å². The number of ether oxygens (including phenoxy) is 1. The van der Waals surface area contributed by atoms with Crippen LogP contribution in [0.4, 0.5) is 0 Å². The van der Waals surface area contributed by atoms with Crippen LogP contribution < -0.4 is 0 Å². The molecule has 1 aliphatic carbocycles. The first-order valence-electron chi connectivity index (χ1n) is 13.4. The molecule has 200 valence electrons. The molecular weight excluding hydrogens is 474 g/mol. The Morgan fingerprint density at radius 1 is 1.25 bits per heavy atom. The highest BCUT2D eigenvalue weighted by Gasteiger charge is 2.53. The molecule has 1 aromatic heterocycles. The highest BCUT2D eigenvalue weighted by atomic mass is 32.1. The van der Waals surface area contributed by atoms with Gasteiger partial charge in [0.15, 0.2) is 0 Å². The van der Waals surface area contributed by atoms with Crippen molar-refractivity contribution in [1.29, 1.82) is 0 Å². The minimum absolute atomic E-state index is 0.0154. The number of esters is 1. The molecule has 1 aliphatic heterocycles. The molecule has 2 heterocycles. The van der Waals surface area contributed by atoms with Gasteiger partial charge in [-0.2, -0.15) is 0 Å². The van der Waals surface area contributed by atoms with Crippen LogP contribution in [0.15, 0.2) is 22.6 Å². The highest BCUT2D eigenvalue weighted by molar-refractivity contribution is 7.09. The van der Waals surface area contributed by atoms with Crippen molar-refractivity contribution in [3.8, 4) is 0 Å². The van der Waals surface area contributed by atoms with Gasteiger partial charge in [0, 0.05) is 17.7 Å². The number of aromatic nitrogens is 1. The monoisotopic (exact) mass is 517 g/mol. The molecule has 1 saturated carbocycles. The second-order valence-electron chi connectivity index (χ2n) is 10.9. The van der Waals surface area contributed by atoms with Gasteiger partial charge in [0.1, 0.15) is 11.9 Å². The fourth-order valence-electron chi connectivity index (χ4n) is 5.59. The van der Waals surface area contributed by atoms with Gasteiger partial charge >= 0.3 is 5.97 Å². The maximum absolute atomic E-state index is 13.7. The van der Waals surface area contributed by atoms with E-state index in [1.165, 1.54) is 5.57 Å². The summed E-state index contributed by atoms with van der Waals surface area (Å²) in [6.45, 7) is 9.90. The number of carbonyl (C=O) groups is 2. The van der Waals surface area contributed by atoms with Crippen molar-refractivity contribution < 1.29 is 24.5 Å². The summed E-state index contributed by atoms with van der Waals surface area (Å²) in [7, 11) is 0. The Morgan fingerprint density at radius 2 is 1.97 bits per heavy atom. The summed E-state index contributed by atoms with van der Waals surface area (Å²) in [5.74, 6) is -1.15. The largest absolute Gasteiger partial charge is 0.457 e. The molecule has 2 N–H and O–H groups in total. The fraction of sp³-hybridized carbons (Fsp3) is 0.690. The molecule has 0 aromatic carbocycles. The molecule has 36 heavy (non-hydrogen) atoms. The molecule has 1 fully saturated rings. The van der Waals surface area contributed by atoms with Crippen LogP contribution in [0.3, 0.4) is 0 Å². The minimum Gasteiger partial charge on any atom is -0.457 e. The number of rotatable bonds is 3. The Labute approximate surface area is 219 Å². The van der Waals surface area contributed by atoms with Gasteiger partial charge in [-0.25, -0.2) is 4.98 Å². The Kier molecular flexibility index (Phi) is 10.1. The smallest absolute Gasteiger partial charge is 0.309 e. The number of thiazole rings is 1. The molecule has 1 aromatic rings. The first-order chi connectivity index (χ1) is 17.1. The lowest BCUT2D eigenvalue weighted by atomic mass is 9.58. The number of hydrogen-bond acceptors (Lipinski definition) is 7. The van der Waals surface area contributed by atoms with Crippen molar-refractivity contribution in [2.24, 2.45) is 17.3 Å². The number of Topliss-reactive ketones (excluding diaryl/α,β-unsaturated/α-hetero) is 1. The quantitative estimate of drug-likeness (QED) is 0.388. The summed E-state index contributed by atoms with van der Waals surface area (Å²) >= 11 is 1.57. The van der Waals surface area contributed by atoms with Crippen LogP contribution in [0.5, 0.6) is 0 Å². The second-order valence-corrected chi connectivity index (χ2v) is 12.0. The Hall–Kier alpha value is -1.83. The number of cyclic esters (lactones) is 1. The lowest BCUT2D eigenvalue weighted by molar-refractivity contribution is -0.162. The van der Waals surface area contributed by atoms with Crippen molar-refractivity contribution in [3.05, 3.63) is 33.3 Å². The number of nitrogens with zero attached hydrogens (tertiary/aromatic N) is 1. The number of hydrogen-bond donors (Lipinski definition) is 2. The zero-order valence-corrected chi connectivity index (χ0v) is 23.3. The molecule has 1 spiro atoms. The van der Waals surface area contributed by atoms with E-state index in [4.69, 9.17) is 4.74 Å². The second kappa shape index (κ2) is 12.6. The summed E-state index contributed by atoms with van der Waals surface area (Å²) in [5, 5.41) is 25.2. The lowest BCUT2D eigenvalue weighted by Crippen LogP contribution is -2.53. The van der Waals surface area contributed by atoms with Crippen molar-refractivity contribution >= 4 is 29.2 Å². The average Bonchev–Trinajstić information content (AvgIpc) is 3.19. The Bertz CT molecular complexity index is 976. The van der Waals surface area contributed by atoms with E-state index in [2.05, 4.69) is 18.0 Å². The molecule has 6 nitrogen and oxygen atoms in total. The molecule has 7 heteroatoms. The molecule has 0 saturated heterocycles. The normalized spacial score (nSPS) is 32.5. The molecule has 3 rings (SSSR count). The molecular formula is C29H43NO5S. The average molecular weight is 518 g/mol. The Balaban J connectivity index is 1.89. The summed E-state index contributed by atoms with van der Waals surface area (Å²) < 4.78 is 5.90. The van der Waals surface area contributed by atoms with Gasteiger partial charge in [-0.15, -0.1) is 11.3 Å². The van der Waals surface area contributed by atoms with Gasteiger partial charge in [0.25, 0.3) is 0 Å². The molecule has 0 bridgehead atoms. The summed E-state index contributed by atoms with van der Waals surface area (Å²) in [5.41, 5.74) is 1.98. The zero-order valence-electron chi connectivity index (χ0n) is 22.5. The summed E-state index contributed by atoms with van der Waals surface area (Å²) in [6, 6.07) is 0. The highest BCUT2D eigenvalue weighted by Crippen LogP contribution is 2.48. The third-order valence-electron chi connectivity index (χ3n) is 8.21. The van der Waals surface area contributed by atoms with E-state index in [1.807, 2.05) is 39.2 Å². The maximum Gasteiger partial charge on any atom is 0.309 e. The first-order valence-corrected chi connectivity index (χ1v) is 14.3. The molecule has 2 aliphatic rings. The van der Waals surface area contributed by atoms with Crippen LogP contribution >= 0.6 is 11.3 Å². The standard InChI is InChI=1S/C29H43NO5S/c1-6-23-27(33)19(3)10-7-9-18(2)11-12-24(20(4)15-22-17-36-21(5)30-22)35-26(32)16-25(31)29(28(23)34)13-8-14-29/h11,15,17,19,23-25,27,31,33H,6-10,12-14,16H2,1-5H3/b18-11-,20-15+/t19-,23-,24-,25+,27-/m0/s1. The number of aliphatic hydroxyl groups excluding tert-OH is 2. The van der Waals surface area contributed by atoms with Crippen LogP contribution in [0.1, 0.15) is 96.2 Å². The van der Waals surface area contributed by atoms with Crippen LogP contribution in [-0.4, -0.2) is 45.3 Å². The topological polar surface area (TPSA) is 96.7 Å². The van der Waals surface area contributed by atoms with Gasteiger partial charge in [0.2, 0.25) is 0 Å². The predicted molar refractivity (Wildman–Crippen MR) is 143 cm³/mol. The van der Waals surface area contributed by atoms with Crippen molar-refractivity contribution in [2.45, 2.75) is 111 Å². The number of ketones is 1. The summed E-state index contributed by atoms with van der Waals surface area (Å²) in [6.07, 6.45) is 7.13. The number of aryl methyl sites for hydroxylation is 1. The summed E-state index contributed by atoms with van der Waals surface area (Å²) in [4.78, 5) is 31.2. The Morgan fingerprint density at radius 3 is 2.56 bits per heavy atom. The van der Waals surface area contributed by atoms with Crippen molar-refractivity contribution in [3.63, 3.8) is 0 Å². The van der Waals surface area contributed by atoms with E-state index in [1.54, 1.807) is 11.3 Å². The number of carbonyl (C=O) groups excluding carboxylic acids is 2. The third kappa shape index (κ3) is 6.73. The van der Waals surface area contributed by atoms with E-state index in [0.717, 1.165) is 42.0 Å². The van der Waals surface area contributed by atoms with Crippen LogP contribution in [-0.2, 0) is 14.3 Å². The van der Waals surface area contributed by atoms with Crippen LogP contribution in [0, 0.1) is 24.2 Å². The van der Waals surface area contributed by atoms with Gasteiger partial charge < -0.3 is 14.9 Å². The SMILES string of the molecule is CC[C@@H]1C(=O)C2(CCC2)[C@H](O)CC(=O)O[C@H](/C(C)=C/c2csc(C)n2)C/C=C(/C)CCC[C@H](C)[C@@H]1O.